The van der Waals surface area contributed by atoms with Crippen LogP contribution in [0.1, 0.15) is 32.1 Å². The third-order valence-electron chi connectivity index (χ3n) is 6.13. The summed E-state index contributed by atoms with van der Waals surface area (Å²) in [6.45, 7) is 0. The van der Waals surface area contributed by atoms with Gasteiger partial charge in [0.1, 0.15) is 17.2 Å². The molecule has 33 heavy (non-hydrogen) atoms. The first kappa shape index (κ1) is 22.9. The maximum Gasteiger partial charge on any atom is 0.266 e. The number of halogens is 2. The topological polar surface area (TPSA) is 79.0 Å². The van der Waals surface area contributed by atoms with Crippen molar-refractivity contribution in [2.45, 2.75) is 42.8 Å². The van der Waals surface area contributed by atoms with E-state index < -0.39 is 22.7 Å². The number of amides is 1. The molecular weight excluding hydrogens is 446 g/mol. The molecule has 0 saturated heterocycles. The molecule has 1 saturated carbocycles. The van der Waals surface area contributed by atoms with Crippen molar-refractivity contribution in [2.75, 3.05) is 12.8 Å². The highest BCUT2D eigenvalue weighted by Gasteiger charge is 2.38. The van der Waals surface area contributed by atoms with Crippen molar-refractivity contribution in [3.8, 4) is 11.8 Å². The summed E-state index contributed by atoms with van der Waals surface area (Å²) in [5.74, 6) is -2.05. The van der Waals surface area contributed by atoms with Gasteiger partial charge in [0, 0.05) is 13.1 Å². The van der Waals surface area contributed by atoms with E-state index in [2.05, 4.69) is 11.1 Å². The summed E-state index contributed by atoms with van der Waals surface area (Å²) in [6, 6.07) is 11.9. The molecule has 9 heteroatoms. The molecule has 4 rings (SSSR count). The number of carbonyl (C=O) groups excluding carboxylic acids is 1. The minimum absolute atomic E-state index is 0.0898. The maximum atomic E-state index is 14.6. The highest BCUT2D eigenvalue weighted by molar-refractivity contribution is 7.99. The van der Waals surface area contributed by atoms with Crippen LogP contribution in [-0.2, 0) is 4.79 Å². The van der Waals surface area contributed by atoms with Crippen LogP contribution in [0.5, 0.6) is 0 Å². The van der Waals surface area contributed by atoms with Crippen LogP contribution in [0.3, 0.4) is 0 Å². The van der Waals surface area contributed by atoms with Crippen molar-refractivity contribution in [1.82, 2.24) is 14.5 Å². The number of hydrogen-bond donors (Lipinski definition) is 0. The predicted octanol–water partition coefficient (Wildman–Crippen LogP) is 4.44. The largest absolute Gasteiger partial charge is 0.326 e. The van der Waals surface area contributed by atoms with Crippen molar-refractivity contribution in [2.24, 2.45) is 0 Å². The number of aromatic nitrogens is 2. The molecule has 1 amide bonds. The molecule has 0 bridgehead atoms. The van der Waals surface area contributed by atoms with Gasteiger partial charge >= 0.3 is 0 Å². The van der Waals surface area contributed by atoms with Crippen molar-refractivity contribution >= 4 is 28.6 Å². The molecule has 0 N–H and O–H groups in total. The molecule has 2 aromatic carbocycles. The first-order chi connectivity index (χ1) is 15.9. The van der Waals surface area contributed by atoms with Crippen LogP contribution in [0.15, 0.2) is 52.4 Å². The fraction of sp³-hybridized carbons (Fsp3) is 0.333. The Morgan fingerprint density at radius 2 is 1.94 bits per heavy atom. The van der Waals surface area contributed by atoms with E-state index in [1.54, 1.807) is 31.3 Å². The summed E-state index contributed by atoms with van der Waals surface area (Å²) < 4.78 is 29.2. The molecule has 6 nitrogen and oxygen atoms in total. The van der Waals surface area contributed by atoms with Crippen LogP contribution in [0.4, 0.5) is 8.78 Å². The summed E-state index contributed by atoms with van der Waals surface area (Å²) in [7, 11) is 1.62. The van der Waals surface area contributed by atoms with Crippen LogP contribution < -0.4 is 5.56 Å². The fourth-order valence-corrected chi connectivity index (χ4v) is 5.12. The second-order valence-electron chi connectivity index (χ2n) is 8.09. The Balaban J connectivity index is 1.71. The SMILES string of the molecule is CN(C(=O)CSc1nc2ccccc2c(=O)n1-c1ccc(F)cc1F)C1(C#N)CCCCC1. The fourth-order valence-electron chi connectivity index (χ4n) is 4.20. The first-order valence-corrected chi connectivity index (χ1v) is 11.6. The summed E-state index contributed by atoms with van der Waals surface area (Å²) in [5.41, 5.74) is -1.10. The van der Waals surface area contributed by atoms with Crippen molar-refractivity contribution in [3.05, 3.63) is 64.5 Å². The molecule has 3 aromatic rings. The number of thioether (sulfide) groups is 1. The van der Waals surface area contributed by atoms with E-state index in [4.69, 9.17) is 0 Å². The van der Waals surface area contributed by atoms with Gasteiger partial charge in [-0.25, -0.2) is 13.8 Å². The summed E-state index contributed by atoms with van der Waals surface area (Å²) in [6.07, 6.45) is 4.05. The average molecular weight is 469 g/mol. The lowest BCUT2D eigenvalue weighted by Gasteiger charge is -2.39. The van der Waals surface area contributed by atoms with E-state index in [0.717, 1.165) is 41.7 Å². The Morgan fingerprint density at radius 3 is 2.64 bits per heavy atom. The summed E-state index contributed by atoms with van der Waals surface area (Å²) >= 11 is 0.984. The van der Waals surface area contributed by atoms with E-state index >= 15 is 0 Å². The highest BCUT2D eigenvalue weighted by atomic mass is 32.2. The van der Waals surface area contributed by atoms with Crippen molar-refractivity contribution in [3.63, 3.8) is 0 Å². The zero-order chi connectivity index (χ0) is 23.6. The predicted molar refractivity (Wildman–Crippen MR) is 122 cm³/mol. The van der Waals surface area contributed by atoms with Crippen molar-refractivity contribution in [1.29, 1.82) is 5.26 Å². The molecule has 0 atom stereocenters. The van der Waals surface area contributed by atoms with Gasteiger partial charge in [-0.1, -0.05) is 43.2 Å². The Labute approximate surface area is 193 Å². The second kappa shape index (κ2) is 9.32. The Morgan fingerprint density at radius 1 is 1.21 bits per heavy atom. The van der Waals surface area contributed by atoms with Crippen LogP contribution in [0.25, 0.3) is 16.6 Å². The minimum Gasteiger partial charge on any atom is -0.326 e. The number of para-hydroxylation sites is 1. The van der Waals surface area contributed by atoms with Gasteiger partial charge in [-0.15, -0.1) is 0 Å². The molecule has 1 aliphatic carbocycles. The van der Waals surface area contributed by atoms with Gasteiger partial charge in [0.25, 0.3) is 5.56 Å². The standard InChI is InChI=1S/C24H22F2N4O2S/c1-29(24(15-27)11-5-2-6-12-24)21(31)14-33-23-28-19-8-4-3-7-17(19)22(32)30(23)20-10-9-16(25)13-18(20)26/h3-4,7-10,13H,2,5-6,11-12,14H2,1H3. The number of benzene rings is 2. The molecule has 1 heterocycles. The Kier molecular flexibility index (Phi) is 6.47. The Bertz CT molecular complexity index is 1310. The molecule has 1 fully saturated rings. The van der Waals surface area contributed by atoms with Crippen LogP contribution >= 0.6 is 11.8 Å². The van der Waals surface area contributed by atoms with E-state index in [0.29, 0.717) is 24.4 Å². The Hall–Kier alpha value is -3.25. The number of nitrogens with zero attached hydrogens (tertiary/aromatic N) is 4. The first-order valence-electron chi connectivity index (χ1n) is 10.6. The molecule has 0 aliphatic heterocycles. The van der Waals surface area contributed by atoms with Crippen LogP contribution in [0.2, 0.25) is 0 Å². The monoisotopic (exact) mass is 468 g/mol. The lowest BCUT2D eigenvalue weighted by Crippen LogP contribution is -2.50. The smallest absolute Gasteiger partial charge is 0.266 e. The minimum atomic E-state index is -0.912. The van der Waals surface area contributed by atoms with Crippen LogP contribution in [0, 0.1) is 23.0 Å². The van der Waals surface area contributed by atoms with Gasteiger partial charge in [-0.3, -0.25) is 14.2 Å². The van der Waals surface area contributed by atoms with E-state index in [1.165, 1.54) is 11.0 Å². The average Bonchev–Trinajstić information content (AvgIpc) is 2.83. The van der Waals surface area contributed by atoms with E-state index in [9.17, 15) is 23.6 Å². The summed E-state index contributed by atoms with van der Waals surface area (Å²) in [5, 5.41) is 10.2. The third kappa shape index (κ3) is 4.35. The molecule has 0 radical (unpaired) electrons. The quantitative estimate of drug-likeness (QED) is 0.409. The van der Waals surface area contributed by atoms with Crippen molar-refractivity contribution < 1.29 is 13.6 Å². The molecular formula is C24H22F2N4O2S. The second-order valence-corrected chi connectivity index (χ2v) is 9.04. The molecule has 1 aliphatic rings. The maximum absolute atomic E-state index is 14.6. The van der Waals surface area contributed by atoms with E-state index in [-0.39, 0.29) is 27.9 Å². The van der Waals surface area contributed by atoms with Gasteiger partial charge in [0.2, 0.25) is 5.91 Å². The number of nitriles is 1. The number of hydrogen-bond acceptors (Lipinski definition) is 5. The molecule has 0 unspecified atom stereocenters. The molecule has 0 spiro atoms. The molecule has 170 valence electrons. The lowest BCUT2D eigenvalue weighted by atomic mass is 9.81. The molecule has 1 aromatic heterocycles. The zero-order valence-corrected chi connectivity index (χ0v) is 18.9. The van der Waals surface area contributed by atoms with Gasteiger partial charge in [0.15, 0.2) is 5.16 Å². The number of fused-ring (bicyclic) bond motifs is 1. The van der Waals surface area contributed by atoms with Crippen LogP contribution in [-0.4, -0.2) is 38.7 Å². The number of carbonyl (C=O) groups is 1. The van der Waals surface area contributed by atoms with E-state index in [1.807, 2.05) is 0 Å². The van der Waals surface area contributed by atoms with Gasteiger partial charge in [-0.05, 0) is 37.1 Å². The van der Waals surface area contributed by atoms with Gasteiger partial charge in [-0.2, -0.15) is 5.26 Å². The highest BCUT2D eigenvalue weighted by Crippen LogP contribution is 2.33. The third-order valence-corrected chi connectivity index (χ3v) is 7.05. The zero-order valence-electron chi connectivity index (χ0n) is 18.1. The van der Waals surface area contributed by atoms with Gasteiger partial charge in [0.05, 0.1) is 28.4 Å². The normalized spacial score (nSPS) is 15.2. The summed E-state index contributed by atoms with van der Waals surface area (Å²) in [4.78, 5) is 32.2. The number of rotatable bonds is 5. The van der Waals surface area contributed by atoms with Gasteiger partial charge < -0.3 is 4.90 Å². The lowest BCUT2D eigenvalue weighted by molar-refractivity contribution is -0.131.